The summed E-state index contributed by atoms with van der Waals surface area (Å²) in [6.07, 6.45) is -7.01. The van der Waals surface area contributed by atoms with Crippen molar-refractivity contribution in [2.45, 2.75) is 194 Å². The average molecular weight is 862 g/mol. The number of hydrogen-bond donors (Lipinski definition) is 2. The number of rotatable bonds is 11. The van der Waals surface area contributed by atoms with E-state index in [0.29, 0.717) is 19.4 Å². The lowest BCUT2D eigenvalue weighted by Gasteiger charge is -2.49. The van der Waals surface area contributed by atoms with Crippen molar-refractivity contribution in [3.8, 4) is 0 Å². The van der Waals surface area contributed by atoms with Crippen LogP contribution < -0.4 is 0 Å². The smallest absolute Gasteiger partial charge is 0.352 e. The van der Waals surface area contributed by atoms with Gasteiger partial charge in [-0.2, -0.15) is 0 Å². The number of nitrogens with zero attached hydrogens (tertiary/aromatic N) is 1. The monoisotopic (exact) mass is 861 g/mol. The molecule has 3 rings (SSSR count). The van der Waals surface area contributed by atoms with Crippen LogP contribution in [0.2, 0.25) is 0 Å². The Morgan fingerprint density at radius 1 is 0.915 bits per heavy atom. The van der Waals surface area contributed by atoms with E-state index < -0.39 is 108 Å². The second kappa shape index (κ2) is 21.9. The molecule has 16 heteroatoms. The molecule has 0 radical (unpaired) electrons. The summed E-state index contributed by atoms with van der Waals surface area (Å²) in [5, 5.41) is 24.1. The topological polar surface area (TPSA) is 178 Å². The second-order valence-electron chi connectivity index (χ2n) is 18.0. The maximum atomic E-state index is 14.3. The number of esters is 2. The van der Waals surface area contributed by atoms with E-state index in [1.54, 1.807) is 55.6 Å². The van der Waals surface area contributed by atoms with Gasteiger partial charge in [-0.1, -0.05) is 41.5 Å². The highest BCUT2D eigenvalue weighted by Crippen LogP contribution is 2.41. The van der Waals surface area contributed by atoms with E-state index in [4.69, 9.17) is 54.8 Å². The normalized spacial score (nSPS) is 43.0. The van der Waals surface area contributed by atoms with Crippen LogP contribution in [0, 0.1) is 29.6 Å². The fraction of sp³-hybridized carbons (Fsp3) is 0.907. The Bertz CT molecular complexity index is 1400. The number of Topliss-reactive ketones (excluding diaryl/α,β-unsaturated/α-hetero) is 1. The summed E-state index contributed by atoms with van der Waals surface area (Å²) in [6.45, 7) is 21.3. The number of ketones is 1. The highest BCUT2D eigenvalue weighted by molar-refractivity contribution is 7.79. The van der Waals surface area contributed by atoms with E-state index in [1.807, 2.05) is 46.7 Å². The van der Waals surface area contributed by atoms with Gasteiger partial charge in [-0.25, -0.2) is 0 Å². The van der Waals surface area contributed by atoms with Crippen LogP contribution in [0.15, 0.2) is 0 Å². The zero-order valence-electron chi connectivity index (χ0n) is 38.1. The maximum Gasteiger partial charge on any atom is 0.352 e. The van der Waals surface area contributed by atoms with Crippen LogP contribution in [0.3, 0.4) is 0 Å². The Morgan fingerprint density at radius 2 is 1.56 bits per heavy atom. The lowest BCUT2D eigenvalue weighted by Crippen LogP contribution is -2.61. The minimum Gasteiger partial charge on any atom is -0.462 e. The first-order valence-corrected chi connectivity index (χ1v) is 21.8. The van der Waals surface area contributed by atoms with Crippen LogP contribution in [-0.2, 0) is 57.0 Å². The molecule has 0 spiro atoms. The minimum atomic E-state index is -1.78. The molecule has 3 saturated heterocycles. The van der Waals surface area contributed by atoms with Crippen LogP contribution >= 0.6 is 12.2 Å². The highest BCUT2D eigenvalue weighted by atomic mass is 32.1. The number of ether oxygens (including phenoxy) is 9. The third-order valence-electron chi connectivity index (χ3n) is 12.7. The van der Waals surface area contributed by atoms with Gasteiger partial charge >= 0.3 is 17.2 Å². The van der Waals surface area contributed by atoms with Crippen molar-refractivity contribution in [2.24, 2.45) is 29.6 Å². The van der Waals surface area contributed by atoms with Crippen LogP contribution in [0.25, 0.3) is 0 Å². The zero-order valence-corrected chi connectivity index (χ0v) is 38.9. The number of thiocarbonyl (C=S) groups is 1. The average Bonchev–Trinajstić information content (AvgIpc) is 3.16. The van der Waals surface area contributed by atoms with Gasteiger partial charge < -0.3 is 57.7 Å². The van der Waals surface area contributed by atoms with Crippen molar-refractivity contribution in [1.82, 2.24) is 4.90 Å². The maximum absolute atomic E-state index is 14.3. The Kier molecular flexibility index (Phi) is 19.0. The second-order valence-corrected chi connectivity index (χ2v) is 18.3. The first-order chi connectivity index (χ1) is 27.4. The highest BCUT2D eigenvalue weighted by Gasteiger charge is 2.54. The Balaban J connectivity index is 2.19. The standard InChI is InChI=1S/C43H75NO14S/c1-16-18-51-41(59)58-38-28(9)53-32(21-43(38,12)50-15)56-35-26(7)37(57-40-36(54-29(10)45)30(44(13)14)19-23(4)52-40)42(11,49)20-22(3)33(46)25(6)34(47)24(5)31(17-2)55-39(48)27(35)8/h22-28,30-32,34-38,40,47,49H,16-21H2,1-15H3/t22-,23-,24+,25-,26+,27-,28+,30+,31+,32+,34+,35-,36-,37-,38+,40+,42-,43-/m1/s1. The predicted octanol–water partition coefficient (Wildman–Crippen LogP) is 4.98. The fourth-order valence-electron chi connectivity index (χ4n) is 9.19. The summed E-state index contributed by atoms with van der Waals surface area (Å²) in [5.41, 5.74) is -2.77. The van der Waals surface area contributed by atoms with Gasteiger partial charge in [0.05, 0.1) is 54.7 Å². The number of hydrogen-bond acceptors (Lipinski definition) is 16. The summed E-state index contributed by atoms with van der Waals surface area (Å²) in [6, 6.07) is -0.303. The number of aliphatic hydroxyl groups is 2. The SMILES string of the molecule is CCCOC(=S)O[C@H]1[C@H](C)O[C@@H](O[C@@H]2[C@H](C)[C@@H](O[C@@H]3O[C@H](C)C[C@H](N(C)C)[C@H]3OC(C)=O)[C@](C)(O)C[C@@H](C)C(=O)[C@@H](C)[C@@H](O)[C@@H](C)[C@H](CC)OC(=O)[C@@H]2C)C[C@@]1(C)OC. The molecule has 0 saturated carbocycles. The van der Waals surface area contributed by atoms with Gasteiger partial charge in [0, 0.05) is 56.3 Å². The van der Waals surface area contributed by atoms with Gasteiger partial charge in [0.2, 0.25) is 0 Å². The minimum absolute atomic E-state index is 0.0251. The number of carbonyl (C=O) groups is 3. The van der Waals surface area contributed by atoms with Crippen molar-refractivity contribution in [1.29, 1.82) is 0 Å². The number of carbonyl (C=O) groups excluding carboxylic acids is 3. The summed E-state index contributed by atoms with van der Waals surface area (Å²) in [5.74, 6) is -5.35. The van der Waals surface area contributed by atoms with E-state index in [2.05, 4.69) is 0 Å². The van der Waals surface area contributed by atoms with Crippen molar-refractivity contribution in [2.75, 3.05) is 27.8 Å². The number of methoxy groups -OCH3 is 1. The van der Waals surface area contributed by atoms with Crippen molar-refractivity contribution >= 4 is 35.2 Å². The molecule has 3 fully saturated rings. The molecular formula is C43H75NO14S. The molecule has 0 aromatic carbocycles. The van der Waals surface area contributed by atoms with Gasteiger partial charge in [-0.05, 0) is 74.4 Å². The van der Waals surface area contributed by atoms with Crippen LogP contribution in [-0.4, -0.2) is 145 Å². The van der Waals surface area contributed by atoms with Crippen molar-refractivity contribution in [3.63, 3.8) is 0 Å². The molecule has 18 atom stereocenters. The summed E-state index contributed by atoms with van der Waals surface area (Å²) >= 11 is 5.36. The number of likely N-dealkylation sites (N-methyl/N-ethyl adjacent to an activating group) is 1. The molecule has 59 heavy (non-hydrogen) atoms. The van der Waals surface area contributed by atoms with Crippen molar-refractivity contribution < 1.29 is 67.2 Å². The van der Waals surface area contributed by atoms with E-state index in [-0.39, 0.29) is 36.0 Å². The fourth-order valence-corrected chi connectivity index (χ4v) is 9.38. The largest absolute Gasteiger partial charge is 0.462 e. The molecule has 2 N–H and O–H groups in total. The van der Waals surface area contributed by atoms with Crippen LogP contribution in [0.4, 0.5) is 0 Å². The predicted molar refractivity (Wildman–Crippen MR) is 222 cm³/mol. The molecule has 15 nitrogen and oxygen atoms in total. The quantitative estimate of drug-likeness (QED) is 0.210. The lowest BCUT2D eigenvalue weighted by atomic mass is 9.74. The molecule has 0 aromatic heterocycles. The van der Waals surface area contributed by atoms with E-state index in [0.717, 1.165) is 6.42 Å². The van der Waals surface area contributed by atoms with Gasteiger partial charge in [0.15, 0.2) is 24.8 Å². The molecule has 0 unspecified atom stereocenters. The lowest BCUT2D eigenvalue weighted by molar-refractivity contribution is -0.318. The molecule has 3 aliphatic heterocycles. The first kappa shape index (κ1) is 51.3. The van der Waals surface area contributed by atoms with E-state index >= 15 is 0 Å². The van der Waals surface area contributed by atoms with Gasteiger partial charge in [0.1, 0.15) is 17.5 Å². The Hall–Kier alpha value is -2.02. The van der Waals surface area contributed by atoms with Gasteiger partial charge in [-0.3, -0.25) is 14.4 Å². The molecule has 3 aliphatic rings. The summed E-state index contributed by atoms with van der Waals surface area (Å²) in [7, 11) is 5.31. The van der Waals surface area contributed by atoms with Gasteiger partial charge in [0.25, 0.3) is 0 Å². The molecule has 0 bridgehead atoms. The Morgan fingerprint density at radius 3 is 2.12 bits per heavy atom. The number of aliphatic hydroxyl groups excluding tert-OH is 1. The van der Waals surface area contributed by atoms with E-state index in [1.165, 1.54) is 6.92 Å². The van der Waals surface area contributed by atoms with Crippen LogP contribution in [0.1, 0.15) is 115 Å². The number of cyclic esters (lactones) is 1. The molecule has 342 valence electrons. The first-order valence-electron chi connectivity index (χ1n) is 21.4. The molecular weight excluding hydrogens is 787 g/mol. The molecule has 0 aliphatic carbocycles. The third kappa shape index (κ3) is 12.8. The molecule has 3 heterocycles. The van der Waals surface area contributed by atoms with Gasteiger partial charge in [-0.15, -0.1) is 0 Å². The zero-order chi connectivity index (χ0) is 44.7. The molecule has 0 amide bonds. The molecule has 0 aromatic rings. The van der Waals surface area contributed by atoms with E-state index in [9.17, 15) is 24.6 Å². The van der Waals surface area contributed by atoms with Crippen molar-refractivity contribution in [3.05, 3.63) is 0 Å². The summed E-state index contributed by atoms with van der Waals surface area (Å²) < 4.78 is 56.2. The Labute approximate surface area is 357 Å². The summed E-state index contributed by atoms with van der Waals surface area (Å²) in [4.78, 5) is 42.8. The third-order valence-corrected chi connectivity index (χ3v) is 12.9. The van der Waals surface area contributed by atoms with Crippen LogP contribution in [0.5, 0.6) is 0 Å².